The molecule has 4 amide bonds. The summed E-state index contributed by atoms with van der Waals surface area (Å²) >= 11 is 3.53. The Morgan fingerprint density at radius 1 is 0.720 bits per heavy atom. The summed E-state index contributed by atoms with van der Waals surface area (Å²) in [6, 6.07) is 21.4. The van der Waals surface area contributed by atoms with E-state index in [1.54, 1.807) is 51.3 Å². The molecule has 3 heterocycles. The molecule has 93 heavy (non-hydrogen) atoms. The zero-order valence-electron chi connectivity index (χ0n) is 56.5. The number of nitrogens with two attached hydrogens (primary N) is 1. The first-order valence-electron chi connectivity index (χ1n) is 33.5. The normalized spacial score (nSPS) is 30.5. The second-order valence-electron chi connectivity index (χ2n) is 28.8. The van der Waals surface area contributed by atoms with Crippen molar-refractivity contribution in [2.45, 2.75) is 162 Å². The van der Waals surface area contributed by atoms with Gasteiger partial charge in [-0.2, -0.15) is 10.1 Å². The highest BCUT2D eigenvalue weighted by Gasteiger charge is 2.59. The minimum absolute atomic E-state index is 0.0358. The average molecular weight is 1350 g/mol. The molecule has 0 spiro atoms. The summed E-state index contributed by atoms with van der Waals surface area (Å²) in [4.78, 5) is 68.5. The first kappa shape index (κ1) is 70.1. The van der Waals surface area contributed by atoms with E-state index in [0.717, 1.165) is 75.8 Å². The number of hydrogen-bond acceptors (Lipinski definition) is 16. The van der Waals surface area contributed by atoms with Crippen molar-refractivity contribution < 1.29 is 58.4 Å². The van der Waals surface area contributed by atoms with Gasteiger partial charge in [-0.05, 0) is 146 Å². The van der Waals surface area contributed by atoms with Gasteiger partial charge in [-0.1, -0.05) is 93.9 Å². The zero-order valence-corrected chi connectivity index (χ0v) is 58.1. The lowest BCUT2D eigenvalue weighted by Crippen LogP contribution is -2.62. The SMILES string of the molecule is CNC(=O)c1cc(Br)cc(-c2cccc(CN3O[C@@H](CN)[C@H]([C@H](C)O)[C@H]3C(=O)N[C@H]3C[C@H]4C[C@@H]([C@@H]3C)C4(C)C)c2OC)c1.COc1c(CN2O[C@@H](CO)[C@H]([C@H](C)O)[C@H]2C(=O)N[C@H]2C[C@H]3C[C@@H]([C@@H]2C)C3(C)C)cccc1-c1cc(C(=O)NCC2CCCO2)cc(N(C)C)c1. The van der Waals surface area contributed by atoms with Crippen LogP contribution in [0.2, 0.25) is 0 Å². The number of benzene rings is 4. The maximum atomic E-state index is 14.2. The molecule has 21 heteroatoms. The van der Waals surface area contributed by atoms with Gasteiger partial charge in [-0.3, -0.25) is 28.9 Å². The molecule has 0 radical (unpaired) electrons. The largest absolute Gasteiger partial charge is 0.496 e. The van der Waals surface area contributed by atoms with Gasteiger partial charge in [0, 0.05) is 108 Å². The number of rotatable bonds is 21. The maximum Gasteiger partial charge on any atom is 0.251 e. The van der Waals surface area contributed by atoms with E-state index >= 15 is 0 Å². The number of carbonyl (C=O) groups is 4. The van der Waals surface area contributed by atoms with Gasteiger partial charge in [0.15, 0.2) is 0 Å². The summed E-state index contributed by atoms with van der Waals surface area (Å²) < 4.78 is 18.4. The number of anilines is 1. The molecular formula is C72H101BrN8O12. The molecule has 3 saturated heterocycles. The molecule has 9 N–H and O–H groups in total. The van der Waals surface area contributed by atoms with Crippen LogP contribution in [0.15, 0.2) is 77.3 Å². The maximum absolute atomic E-state index is 14.2. The van der Waals surface area contributed by atoms with E-state index in [4.69, 9.17) is 29.6 Å². The van der Waals surface area contributed by atoms with Gasteiger partial charge in [0.1, 0.15) is 29.7 Å². The minimum atomic E-state index is -0.893. The molecular weight excluding hydrogens is 1250 g/mol. The molecule has 17 atom stereocenters. The Bertz CT molecular complexity index is 3340. The summed E-state index contributed by atoms with van der Waals surface area (Å²) in [5.41, 5.74) is 13.4. The Morgan fingerprint density at radius 3 is 1.65 bits per heavy atom. The van der Waals surface area contributed by atoms with Crippen LogP contribution in [0.1, 0.15) is 126 Å². The number of methoxy groups -OCH3 is 2. The molecule has 13 rings (SSSR count). The number of aliphatic hydroxyl groups excluding tert-OH is 3. The molecule has 508 valence electrons. The second kappa shape index (κ2) is 28.9. The Hall–Kier alpha value is -5.72. The van der Waals surface area contributed by atoms with Crippen molar-refractivity contribution in [1.29, 1.82) is 0 Å². The zero-order chi connectivity index (χ0) is 67.1. The van der Waals surface area contributed by atoms with Crippen molar-refractivity contribution in [3.63, 3.8) is 0 Å². The Labute approximate surface area is 557 Å². The van der Waals surface area contributed by atoms with Gasteiger partial charge in [0.25, 0.3) is 11.8 Å². The Balaban J connectivity index is 0.000000206. The number of nitrogens with one attached hydrogen (secondary N) is 4. The van der Waals surface area contributed by atoms with Crippen LogP contribution in [0.4, 0.5) is 5.69 Å². The van der Waals surface area contributed by atoms with Crippen molar-refractivity contribution in [3.05, 3.63) is 99.5 Å². The van der Waals surface area contributed by atoms with Gasteiger partial charge < -0.3 is 61.4 Å². The topological polar surface area (TPSA) is 259 Å². The van der Waals surface area contributed by atoms with E-state index in [0.29, 0.717) is 70.1 Å². The van der Waals surface area contributed by atoms with E-state index < -0.39 is 48.3 Å². The van der Waals surface area contributed by atoms with Gasteiger partial charge in [-0.25, -0.2) is 0 Å². The van der Waals surface area contributed by atoms with Crippen molar-refractivity contribution >= 4 is 45.2 Å². The fraction of sp³-hybridized carbons (Fsp3) is 0.611. The fourth-order valence-corrected chi connectivity index (χ4v) is 17.5. The molecule has 9 fully saturated rings. The van der Waals surface area contributed by atoms with E-state index in [9.17, 15) is 34.5 Å². The Kier molecular flexibility index (Phi) is 21.8. The number of fused-ring (bicyclic) bond motifs is 4. The molecule has 20 nitrogen and oxygen atoms in total. The monoisotopic (exact) mass is 1350 g/mol. The van der Waals surface area contributed by atoms with Crippen LogP contribution >= 0.6 is 15.9 Å². The molecule has 9 aliphatic rings. The predicted octanol–water partition coefficient (Wildman–Crippen LogP) is 8.11. The molecule has 0 aromatic heterocycles. The van der Waals surface area contributed by atoms with Crippen LogP contribution in [0, 0.1) is 58.2 Å². The number of halogens is 1. The lowest BCUT2D eigenvalue weighted by atomic mass is 9.45. The predicted molar refractivity (Wildman–Crippen MR) is 361 cm³/mol. The first-order valence-corrected chi connectivity index (χ1v) is 34.3. The highest BCUT2D eigenvalue weighted by atomic mass is 79.9. The summed E-state index contributed by atoms with van der Waals surface area (Å²) in [6.07, 6.45) is 3.35. The third kappa shape index (κ3) is 14.1. The number of amides is 4. The number of para-hydroxylation sites is 2. The van der Waals surface area contributed by atoms with Crippen LogP contribution in [-0.2, 0) is 37.1 Å². The number of nitrogens with zero attached hydrogens (tertiary/aromatic N) is 3. The van der Waals surface area contributed by atoms with Crippen molar-refractivity contribution in [1.82, 2.24) is 31.4 Å². The molecule has 4 aromatic rings. The highest BCUT2D eigenvalue weighted by Crippen LogP contribution is 2.62. The van der Waals surface area contributed by atoms with Crippen LogP contribution < -0.4 is 41.4 Å². The third-order valence-electron chi connectivity index (χ3n) is 22.7. The molecule has 6 aliphatic carbocycles. The van der Waals surface area contributed by atoms with Crippen molar-refractivity contribution in [2.75, 3.05) is 66.6 Å². The molecule has 6 saturated carbocycles. The minimum Gasteiger partial charge on any atom is -0.496 e. The summed E-state index contributed by atoms with van der Waals surface area (Å²) in [5.74, 6) is 2.40. The van der Waals surface area contributed by atoms with Crippen LogP contribution in [-0.4, -0.2) is 165 Å². The molecule has 3 aliphatic heterocycles. The van der Waals surface area contributed by atoms with Crippen LogP contribution in [0.25, 0.3) is 22.3 Å². The summed E-state index contributed by atoms with van der Waals surface area (Å²) in [5, 5.41) is 47.7. The Morgan fingerprint density at radius 2 is 1.22 bits per heavy atom. The van der Waals surface area contributed by atoms with Crippen LogP contribution in [0.3, 0.4) is 0 Å². The fourth-order valence-electron chi connectivity index (χ4n) is 17.0. The number of aliphatic hydroxyl groups is 3. The molecule has 4 bridgehead atoms. The van der Waals surface area contributed by atoms with Crippen LogP contribution in [0.5, 0.6) is 11.5 Å². The number of carbonyl (C=O) groups excluding carboxylic acids is 4. The summed E-state index contributed by atoms with van der Waals surface area (Å²) in [7, 11) is 8.68. The lowest BCUT2D eigenvalue weighted by Gasteiger charge is -2.62. The van der Waals surface area contributed by atoms with Gasteiger partial charge in [0.05, 0.1) is 58.3 Å². The van der Waals surface area contributed by atoms with E-state index in [1.807, 2.05) is 85.7 Å². The number of hydrogen-bond donors (Lipinski definition) is 8. The van der Waals surface area contributed by atoms with Gasteiger partial charge in [-0.15, -0.1) is 0 Å². The first-order chi connectivity index (χ1) is 44.2. The standard InChI is InChI=1S/C39H56N4O7.C33H45BrN4O5/c1-22-31-17-27(39(31,3)4)18-32(22)41-38(47)35-34(23(2)45)33(21-44)50-43(35)20-24-10-8-12-30(36(24)48-7)25-14-26(16-28(15-25)42(5)6)37(46)40-19-29-11-9-13-49-29;1-17-25-13-22(33(25,3)4)14-26(17)37-32(41)29-28(18(2)39)27(15-35)43-38(29)16-19-8-7-9-24(30(19)42-6)20-10-21(31(40)36-5)12-23(34)11-20/h8,10,12,14-16,22-23,27,29,31-35,44-45H,9,11,13,17-21H2,1-7H3,(H,40,46)(H,41,47);7-12,17-18,22,25-29,39H,13-16,35H2,1-6H3,(H,36,40)(H,37,41)/t22-,23-,27+,29?,31-,32-,33-,34-,35-;17-,18-,22+,25-,26-,27-,28-,29-/m00/s1. The van der Waals surface area contributed by atoms with E-state index in [1.165, 1.54) is 12.8 Å². The molecule has 1 unspecified atom stereocenters. The number of hydroxylamine groups is 4. The van der Waals surface area contributed by atoms with Crippen molar-refractivity contribution in [2.24, 2.45) is 63.9 Å². The second-order valence-corrected chi connectivity index (χ2v) is 29.8. The quantitative estimate of drug-likeness (QED) is 0.0392. The lowest BCUT2D eigenvalue weighted by molar-refractivity contribution is -0.183. The molecule has 4 aromatic carbocycles. The van der Waals surface area contributed by atoms with Crippen molar-refractivity contribution in [3.8, 4) is 33.8 Å². The van der Waals surface area contributed by atoms with E-state index in [2.05, 4.69) is 78.7 Å². The smallest absolute Gasteiger partial charge is 0.251 e. The van der Waals surface area contributed by atoms with Gasteiger partial charge >= 0.3 is 0 Å². The average Bonchev–Trinajstić information content (AvgIpc) is 1.54. The summed E-state index contributed by atoms with van der Waals surface area (Å²) in [6.45, 7) is 18.6. The highest BCUT2D eigenvalue weighted by molar-refractivity contribution is 9.10. The van der Waals surface area contributed by atoms with Gasteiger partial charge in [0.2, 0.25) is 11.8 Å². The third-order valence-corrected chi connectivity index (χ3v) is 23.1. The number of ether oxygens (including phenoxy) is 3. The van der Waals surface area contributed by atoms with E-state index in [-0.39, 0.29) is 73.5 Å².